The number of hydrogen-bond donors (Lipinski definition) is 1. The van der Waals surface area contributed by atoms with E-state index in [0.717, 1.165) is 9.13 Å². The van der Waals surface area contributed by atoms with Crippen molar-refractivity contribution in [3.8, 4) is 0 Å². The first kappa shape index (κ1) is 17.7. The molecule has 23 heavy (non-hydrogen) atoms. The average Bonchev–Trinajstić information content (AvgIpc) is 2.54. The number of nitrogens with one attached hydrogen (secondary N) is 1. The number of nitrogens with zero attached hydrogens (tertiary/aromatic N) is 1. The van der Waals surface area contributed by atoms with Crippen LogP contribution >= 0.6 is 34.2 Å². The first-order chi connectivity index (χ1) is 10.9. The lowest BCUT2D eigenvalue weighted by Gasteiger charge is -2.11. The molecular weight excluding hydrogens is 427 g/mol. The molecule has 1 N–H and O–H groups in total. The molecule has 0 fully saturated rings. The van der Waals surface area contributed by atoms with Gasteiger partial charge in [0.15, 0.2) is 0 Å². The zero-order valence-electron chi connectivity index (χ0n) is 12.8. The van der Waals surface area contributed by atoms with Crippen LogP contribution in [0, 0.1) is 3.57 Å². The van der Waals surface area contributed by atoms with E-state index < -0.39 is 0 Å². The van der Waals surface area contributed by atoms with Gasteiger partial charge in [0.05, 0.1) is 5.02 Å². The van der Waals surface area contributed by atoms with E-state index in [1.807, 2.05) is 12.1 Å². The molecule has 2 rings (SSSR count). The molecule has 0 bridgehead atoms. The summed E-state index contributed by atoms with van der Waals surface area (Å²) in [4.78, 5) is 25.5. The van der Waals surface area contributed by atoms with Crippen molar-refractivity contribution < 1.29 is 9.59 Å². The van der Waals surface area contributed by atoms with E-state index in [2.05, 4.69) is 27.9 Å². The number of halogens is 2. The fourth-order valence-corrected chi connectivity index (χ4v) is 2.58. The standard InChI is InChI=1S/C17H16ClIN2O2/c1-21(2)17(23)12-5-3-11(4-6-12)10-20-16(22)13-7-8-14(18)15(19)9-13/h3-9H,10H2,1-2H3,(H,20,22). The van der Waals surface area contributed by atoms with Gasteiger partial charge in [0.1, 0.15) is 0 Å². The summed E-state index contributed by atoms with van der Waals surface area (Å²) >= 11 is 8.04. The second-order valence-corrected chi connectivity index (χ2v) is 6.78. The van der Waals surface area contributed by atoms with Crippen LogP contribution in [0.15, 0.2) is 42.5 Å². The molecule has 0 unspecified atom stereocenters. The molecule has 0 aromatic heterocycles. The van der Waals surface area contributed by atoms with Crippen LogP contribution in [-0.4, -0.2) is 30.8 Å². The van der Waals surface area contributed by atoms with E-state index in [4.69, 9.17) is 11.6 Å². The van der Waals surface area contributed by atoms with E-state index in [-0.39, 0.29) is 11.8 Å². The minimum atomic E-state index is -0.159. The van der Waals surface area contributed by atoms with Crippen LogP contribution in [0.5, 0.6) is 0 Å². The monoisotopic (exact) mass is 442 g/mol. The van der Waals surface area contributed by atoms with Gasteiger partial charge in [-0.1, -0.05) is 23.7 Å². The maximum Gasteiger partial charge on any atom is 0.253 e. The molecule has 0 atom stereocenters. The van der Waals surface area contributed by atoms with Crippen LogP contribution in [0.3, 0.4) is 0 Å². The minimum Gasteiger partial charge on any atom is -0.348 e. The highest BCUT2D eigenvalue weighted by Gasteiger charge is 2.09. The minimum absolute atomic E-state index is 0.0451. The Bertz CT molecular complexity index is 730. The first-order valence-corrected chi connectivity index (χ1v) is 8.38. The van der Waals surface area contributed by atoms with Crippen LogP contribution in [0.25, 0.3) is 0 Å². The Kier molecular flexibility index (Phi) is 6.01. The van der Waals surface area contributed by atoms with Crippen molar-refractivity contribution in [2.45, 2.75) is 6.54 Å². The fourth-order valence-electron chi connectivity index (χ4n) is 1.95. The Morgan fingerprint density at radius 3 is 2.26 bits per heavy atom. The zero-order chi connectivity index (χ0) is 17.0. The van der Waals surface area contributed by atoms with E-state index in [1.165, 1.54) is 4.90 Å². The Morgan fingerprint density at radius 1 is 1.09 bits per heavy atom. The third kappa shape index (κ3) is 4.68. The number of carbonyl (C=O) groups excluding carboxylic acids is 2. The van der Waals surface area contributed by atoms with Gasteiger partial charge in [-0.25, -0.2) is 0 Å². The van der Waals surface area contributed by atoms with Crippen molar-refractivity contribution >= 4 is 46.0 Å². The third-order valence-electron chi connectivity index (χ3n) is 3.24. The van der Waals surface area contributed by atoms with Crippen molar-refractivity contribution in [1.82, 2.24) is 10.2 Å². The van der Waals surface area contributed by atoms with Crippen LogP contribution in [-0.2, 0) is 6.54 Å². The lowest BCUT2D eigenvalue weighted by Crippen LogP contribution is -2.23. The Labute approximate surface area is 154 Å². The molecule has 0 saturated heterocycles. The molecule has 0 spiro atoms. The second-order valence-electron chi connectivity index (χ2n) is 5.21. The largest absolute Gasteiger partial charge is 0.348 e. The number of hydrogen-bond acceptors (Lipinski definition) is 2. The molecule has 0 aliphatic rings. The average molecular weight is 443 g/mol. The molecule has 2 aromatic rings. The maximum atomic E-state index is 12.1. The fraction of sp³-hybridized carbons (Fsp3) is 0.176. The number of benzene rings is 2. The van der Waals surface area contributed by atoms with Gasteiger partial charge < -0.3 is 10.2 Å². The lowest BCUT2D eigenvalue weighted by atomic mass is 10.1. The zero-order valence-corrected chi connectivity index (χ0v) is 15.7. The van der Waals surface area contributed by atoms with Gasteiger partial charge in [-0.05, 0) is 58.5 Å². The molecule has 2 amide bonds. The van der Waals surface area contributed by atoms with E-state index in [1.54, 1.807) is 44.4 Å². The summed E-state index contributed by atoms with van der Waals surface area (Å²) in [5.74, 6) is -0.204. The molecule has 120 valence electrons. The highest BCUT2D eigenvalue weighted by atomic mass is 127. The van der Waals surface area contributed by atoms with E-state index in [9.17, 15) is 9.59 Å². The van der Waals surface area contributed by atoms with Crippen LogP contribution < -0.4 is 5.32 Å². The van der Waals surface area contributed by atoms with Crippen molar-refractivity contribution in [1.29, 1.82) is 0 Å². The Balaban J connectivity index is 1.99. The number of amides is 2. The van der Waals surface area contributed by atoms with Crippen LogP contribution in [0.4, 0.5) is 0 Å². The van der Waals surface area contributed by atoms with Gasteiger partial charge >= 0.3 is 0 Å². The molecular formula is C17H16ClIN2O2. The van der Waals surface area contributed by atoms with Crippen LogP contribution in [0.1, 0.15) is 26.3 Å². The summed E-state index contributed by atoms with van der Waals surface area (Å²) in [6.45, 7) is 0.397. The predicted octanol–water partition coefficient (Wildman–Crippen LogP) is 3.58. The van der Waals surface area contributed by atoms with Gasteiger partial charge in [-0.3, -0.25) is 9.59 Å². The summed E-state index contributed by atoms with van der Waals surface area (Å²) in [5.41, 5.74) is 2.12. The van der Waals surface area contributed by atoms with Gasteiger partial charge in [-0.2, -0.15) is 0 Å². The van der Waals surface area contributed by atoms with Crippen molar-refractivity contribution in [2.75, 3.05) is 14.1 Å². The SMILES string of the molecule is CN(C)C(=O)c1ccc(CNC(=O)c2ccc(Cl)c(I)c2)cc1. The Hall–Kier alpha value is -1.60. The Morgan fingerprint density at radius 2 is 1.70 bits per heavy atom. The van der Waals surface area contributed by atoms with E-state index >= 15 is 0 Å². The summed E-state index contributed by atoms with van der Waals surface area (Å²) < 4.78 is 0.837. The smallest absolute Gasteiger partial charge is 0.253 e. The number of carbonyl (C=O) groups is 2. The van der Waals surface area contributed by atoms with Gasteiger partial charge in [0, 0.05) is 35.3 Å². The van der Waals surface area contributed by atoms with Gasteiger partial charge in [-0.15, -0.1) is 0 Å². The molecule has 0 aliphatic heterocycles. The highest BCUT2D eigenvalue weighted by molar-refractivity contribution is 14.1. The quantitative estimate of drug-likeness (QED) is 0.736. The maximum absolute atomic E-state index is 12.1. The summed E-state index contributed by atoms with van der Waals surface area (Å²) in [6.07, 6.45) is 0. The first-order valence-electron chi connectivity index (χ1n) is 6.92. The van der Waals surface area contributed by atoms with Crippen molar-refractivity contribution in [3.05, 3.63) is 67.7 Å². The summed E-state index contributed by atoms with van der Waals surface area (Å²) in [6, 6.07) is 12.3. The lowest BCUT2D eigenvalue weighted by molar-refractivity contribution is 0.0827. The van der Waals surface area contributed by atoms with Crippen molar-refractivity contribution in [3.63, 3.8) is 0 Å². The topological polar surface area (TPSA) is 49.4 Å². The second kappa shape index (κ2) is 7.79. The molecule has 0 radical (unpaired) electrons. The summed E-state index contributed by atoms with van der Waals surface area (Å²) in [7, 11) is 3.42. The van der Waals surface area contributed by atoms with Gasteiger partial charge in [0.25, 0.3) is 11.8 Å². The van der Waals surface area contributed by atoms with Crippen molar-refractivity contribution in [2.24, 2.45) is 0 Å². The molecule has 6 heteroatoms. The highest BCUT2D eigenvalue weighted by Crippen LogP contribution is 2.19. The molecule has 0 aliphatic carbocycles. The molecule has 2 aromatic carbocycles. The summed E-state index contributed by atoms with van der Waals surface area (Å²) in [5, 5.41) is 3.48. The molecule has 4 nitrogen and oxygen atoms in total. The van der Waals surface area contributed by atoms with Gasteiger partial charge in [0.2, 0.25) is 0 Å². The third-order valence-corrected chi connectivity index (χ3v) is 4.78. The normalized spacial score (nSPS) is 10.3. The van der Waals surface area contributed by atoms with Crippen LogP contribution in [0.2, 0.25) is 5.02 Å². The predicted molar refractivity (Wildman–Crippen MR) is 99.8 cm³/mol. The van der Waals surface area contributed by atoms with E-state index in [0.29, 0.717) is 22.7 Å². The molecule has 0 saturated carbocycles. The molecule has 0 heterocycles. The number of rotatable bonds is 4.